The Morgan fingerprint density at radius 1 is 1.29 bits per heavy atom. The molecule has 0 aromatic heterocycles. The van der Waals surface area contributed by atoms with Crippen LogP contribution in [0.2, 0.25) is 0 Å². The lowest BCUT2D eigenvalue weighted by molar-refractivity contribution is -1.09. The molecule has 0 aliphatic carbocycles. The van der Waals surface area contributed by atoms with Crippen molar-refractivity contribution in [2.75, 3.05) is 20.7 Å². The number of hydroxylamine groups is 3. The van der Waals surface area contributed by atoms with Gasteiger partial charge in [0, 0.05) is 18.4 Å². The van der Waals surface area contributed by atoms with Gasteiger partial charge in [-0.2, -0.15) is 4.65 Å². The quantitative estimate of drug-likeness (QED) is 0.393. The van der Waals surface area contributed by atoms with Gasteiger partial charge >= 0.3 is 0 Å². The van der Waals surface area contributed by atoms with E-state index in [1.807, 2.05) is 34.9 Å². The topological polar surface area (TPSA) is 61.3 Å². The molecule has 4 nitrogen and oxygen atoms in total. The zero-order valence-electron chi connectivity index (χ0n) is 10.4. The maximum atomic E-state index is 5.97. The molecule has 0 aromatic rings. The first-order valence-corrected chi connectivity index (χ1v) is 5.10. The Bertz CT molecular complexity index is 173. The minimum Gasteiger partial charge on any atom is -0.325 e. The zero-order chi connectivity index (χ0) is 11.6. The highest BCUT2D eigenvalue weighted by Crippen LogP contribution is 2.15. The van der Waals surface area contributed by atoms with E-state index in [1.54, 1.807) is 0 Å². The Morgan fingerprint density at radius 2 is 1.71 bits per heavy atom. The van der Waals surface area contributed by atoms with Gasteiger partial charge in [-0.15, -0.1) is 0 Å². The predicted molar refractivity (Wildman–Crippen MR) is 59.1 cm³/mol. The molecule has 0 fully saturated rings. The van der Waals surface area contributed by atoms with Crippen molar-refractivity contribution in [2.45, 2.75) is 39.4 Å². The van der Waals surface area contributed by atoms with Gasteiger partial charge < -0.3 is 5.73 Å². The molecule has 4 N–H and O–H groups in total. The van der Waals surface area contributed by atoms with Crippen LogP contribution in [0.5, 0.6) is 0 Å². The molecule has 0 aliphatic heterocycles. The maximum Gasteiger partial charge on any atom is 0.167 e. The van der Waals surface area contributed by atoms with E-state index in [0.29, 0.717) is 17.2 Å². The minimum absolute atomic E-state index is 0.0388. The molecule has 0 heterocycles. The summed E-state index contributed by atoms with van der Waals surface area (Å²) in [5, 5.41) is 0. The van der Waals surface area contributed by atoms with Gasteiger partial charge in [0.05, 0.1) is 14.1 Å². The van der Waals surface area contributed by atoms with Crippen molar-refractivity contribution < 1.29 is 9.48 Å². The number of hydrogen-bond donors (Lipinski definition) is 2. The molecule has 4 heteroatoms. The van der Waals surface area contributed by atoms with E-state index < -0.39 is 0 Å². The van der Waals surface area contributed by atoms with Crippen LogP contribution in [0.3, 0.4) is 0 Å². The Labute approximate surface area is 87.7 Å². The maximum absolute atomic E-state index is 5.97. The highest BCUT2D eigenvalue weighted by atomic mass is 16.7. The van der Waals surface area contributed by atoms with Crippen molar-refractivity contribution in [1.29, 1.82) is 0 Å². The minimum atomic E-state index is -0.210. The summed E-state index contributed by atoms with van der Waals surface area (Å²) in [5.41, 5.74) is 11.5. The number of quaternary nitrogens is 1. The first-order valence-electron chi connectivity index (χ1n) is 5.10. The summed E-state index contributed by atoms with van der Waals surface area (Å²) in [5.74, 6) is 0.304. The Morgan fingerprint density at radius 3 is 2.00 bits per heavy atom. The molecule has 0 aromatic carbocycles. The molecule has 0 aliphatic rings. The van der Waals surface area contributed by atoms with Crippen LogP contribution in [0, 0.1) is 5.92 Å². The number of nitrogens with zero attached hydrogens (tertiary/aromatic N) is 1. The predicted octanol–water partition coefficient (Wildman–Crippen LogP) is 0.673. The first-order chi connectivity index (χ1) is 6.07. The third-order valence-corrected chi connectivity index (χ3v) is 2.91. The van der Waals surface area contributed by atoms with Gasteiger partial charge in [-0.1, -0.05) is 6.92 Å². The van der Waals surface area contributed by atoms with E-state index in [1.165, 1.54) is 0 Å². The van der Waals surface area contributed by atoms with Crippen LogP contribution in [0.15, 0.2) is 0 Å². The Hall–Kier alpha value is -0.160. The van der Waals surface area contributed by atoms with E-state index in [0.717, 1.165) is 0 Å². The van der Waals surface area contributed by atoms with Crippen LogP contribution in [0.25, 0.3) is 0 Å². The molecule has 0 saturated carbocycles. The van der Waals surface area contributed by atoms with E-state index in [-0.39, 0.29) is 11.7 Å². The van der Waals surface area contributed by atoms with E-state index in [9.17, 15) is 0 Å². The molecule has 0 saturated heterocycles. The van der Waals surface area contributed by atoms with Crippen LogP contribution in [0.4, 0.5) is 0 Å². The van der Waals surface area contributed by atoms with Crippen molar-refractivity contribution in [3.05, 3.63) is 0 Å². The van der Waals surface area contributed by atoms with Crippen molar-refractivity contribution in [3.8, 4) is 0 Å². The largest absolute Gasteiger partial charge is 0.325 e. The second kappa shape index (κ2) is 4.57. The third-order valence-electron chi connectivity index (χ3n) is 2.91. The second-order valence-electron chi connectivity index (χ2n) is 5.19. The fraction of sp³-hybridized carbons (Fsp3) is 1.00. The van der Waals surface area contributed by atoms with Crippen LogP contribution in [-0.2, 0) is 4.84 Å². The Balaban J connectivity index is 4.07. The number of rotatable bonds is 5. The van der Waals surface area contributed by atoms with Crippen LogP contribution in [0.1, 0.15) is 27.7 Å². The summed E-state index contributed by atoms with van der Waals surface area (Å²) < 4.78 is 0.362. The third kappa shape index (κ3) is 4.37. The summed E-state index contributed by atoms with van der Waals surface area (Å²) in [6, 6.07) is 0. The van der Waals surface area contributed by atoms with Crippen molar-refractivity contribution >= 4 is 0 Å². The highest BCUT2D eigenvalue weighted by molar-refractivity contribution is 4.78. The zero-order valence-corrected chi connectivity index (χ0v) is 10.4. The van der Waals surface area contributed by atoms with Crippen molar-refractivity contribution in [2.24, 2.45) is 17.4 Å². The molecule has 2 atom stereocenters. The van der Waals surface area contributed by atoms with Crippen molar-refractivity contribution in [3.63, 3.8) is 0 Å². The average Bonchev–Trinajstić information content (AvgIpc) is 1.98. The van der Waals surface area contributed by atoms with E-state index in [2.05, 4.69) is 6.92 Å². The fourth-order valence-corrected chi connectivity index (χ4v) is 0.636. The monoisotopic (exact) mass is 204 g/mol. The average molecular weight is 204 g/mol. The van der Waals surface area contributed by atoms with E-state index >= 15 is 0 Å². The number of hydrogen-bond acceptors (Lipinski definition) is 3. The van der Waals surface area contributed by atoms with E-state index in [4.69, 9.17) is 16.3 Å². The Kier molecular flexibility index (Phi) is 4.52. The highest BCUT2D eigenvalue weighted by Gasteiger charge is 2.27. The van der Waals surface area contributed by atoms with Crippen LogP contribution >= 0.6 is 0 Å². The molecule has 14 heavy (non-hydrogen) atoms. The van der Waals surface area contributed by atoms with Gasteiger partial charge in [-0.3, -0.25) is 5.73 Å². The standard InChI is InChI=1S/C10H26N3O/c1-8(10(3,4)12)7-14-13(5,6)9(2)11/h8-9H,7,11-12H2,1-6H3/q+1. The second-order valence-corrected chi connectivity index (χ2v) is 5.19. The molecule has 0 spiro atoms. The molecule has 86 valence electrons. The molecule has 0 rings (SSSR count). The van der Waals surface area contributed by atoms with Gasteiger partial charge in [0.1, 0.15) is 6.61 Å². The molecular formula is C10H26N3O+. The molecule has 0 radical (unpaired) electrons. The SMILES string of the molecule is CC(CO[N+](C)(C)C(C)N)C(C)(C)N. The summed E-state index contributed by atoms with van der Waals surface area (Å²) in [6.07, 6.45) is -0.0388. The molecular weight excluding hydrogens is 178 g/mol. The van der Waals surface area contributed by atoms with Gasteiger partial charge in [0.15, 0.2) is 6.17 Å². The van der Waals surface area contributed by atoms with Crippen LogP contribution < -0.4 is 11.5 Å². The lowest BCUT2D eigenvalue weighted by Gasteiger charge is -2.34. The molecule has 2 unspecified atom stereocenters. The van der Waals surface area contributed by atoms with Gasteiger partial charge in [0.25, 0.3) is 0 Å². The van der Waals surface area contributed by atoms with Gasteiger partial charge in [0.2, 0.25) is 0 Å². The summed E-state index contributed by atoms with van der Waals surface area (Å²) in [6.45, 7) is 8.65. The summed E-state index contributed by atoms with van der Waals surface area (Å²) in [4.78, 5) is 5.71. The summed E-state index contributed by atoms with van der Waals surface area (Å²) in [7, 11) is 3.89. The lowest BCUT2D eigenvalue weighted by Crippen LogP contribution is -2.53. The van der Waals surface area contributed by atoms with Crippen LogP contribution in [-0.4, -0.2) is 37.1 Å². The van der Waals surface area contributed by atoms with Gasteiger partial charge in [-0.05, 0) is 13.8 Å². The summed E-state index contributed by atoms with van der Waals surface area (Å²) >= 11 is 0. The lowest BCUT2D eigenvalue weighted by atomic mass is 9.91. The first kappa shape index (κ1) is 13.8. The smallest absolute Gasteiger partial charge is 0.167 e. The molecule has 0 bridgehead atoms. The molecule has 0 amide bonds. The number of nitrogens with two attached hydrogens (primary N) is 2. The van der Waals surface area contributed by atoms with Gasteiger partial charge in [-0.25, -0.2) is 4.84 Å². The normalized spacial score (nSPS) is 18.0. The fourth-order valence-electron chi connectivity index (χ4n) is 0.636. The van der Waals surface area contributed by atoms with Crippen molar-refractivity contribution in [1.82, 2.24) is 0 Å².